The Kier molecular flexibility index (Phi) is 5.76. The van der Waals surface area contributed by atoms with Crippen molar-refractivity contribution in [3.05, 3.63) is 64.1 Å². The molecule has 0 radical (unpaired) electrons. The van der Waals surface area contributed by atoms with Gasteiger partial charge in [-0.25, -0.2) is 0 Å². The van der Waals surface area contributed by atoms with Crippen molar-refractivity contribution in [2.45, 2.75) is 6.54 Å². The van der Waals surface area contributed by atoms with Gasteiger partial charge in [-0.05, 0) is 23.8 Å². The highest BCUT2D eigenvalue weighted by Crippen LogP contribution is 2.22. The number of halogens is 1. The number of ether oxygens (including phenoxy) is 1. The Morgan fingerprint density at radius 1 is 1.13 bits per heavy atom. The van der Waals surface area contributed by atoms with Gasteiger partial charge in [0.05, 0.1) is 5.56 Å². The highest BCUT2D eigenvalue weighted by molar-refractivity contribution is 9.10. The van der Waals surface area contributed by atoms with E-state index in [4.69, 9.17) is 10.5 Å². The molecule has 2 rings (SSSR count). The summed E-state index contributed by atoms with van der Waals surface area (Å²) < 4.78 is 6.26. The third-order valence-corrected chi connectivity index (χ3v) is 3.97. The summed E-state index contributed by atoms with van der Waals surface area (Å²) in [5.41, 5.74) is 6.47. The number of hydrogen-bond donors (Lipinski definition) is 1. The van der Waals surface area contributed by atoms with Crippen LogP contribution in [0.4, 0.5) is 0 Å². The van der Waals surface area contributed by atoms with Crippen LogP contribution in [-0.4, -0.2) is 30.4 Å². The van der Waals surface area contributed by atoms with E-state index in [1.165, 1.54) is 0 Å². The van der Waals surface area contributed by atoms with E-state index in [9.17, 15) is 9.59 Å². The Morgan fingerprint density at radius 3 is 2.48 bits per heavy atom. The highest BCUT2D eigenvalue weighted by atomic mass is 79.9. The van der Waals surface area contributed by atoms with Crippen LogP contribution < -0.4 is 10.5 Å². The summed E-state index contributed by atoms with van der Waals surface area (Å²) in [6, 6.07) is 14.5. The highest BCUT2D eigenvalue weighted by Gasteiger charge is 2.17. The van der Waals surface area contributed by atoms with Gasteiger partial charge in [0.1, 0.15) is 5.75 Å². The third kappa shape index (κ3) is 4.56. The van der Waals surface area contributed by atoms with Crippen molar-refractivity contribution in [2.24, 2.45) is 5.73 Å². The SMILES string of the molecule is CN(Cc1ccccc1Br)C(=O)c1ccccc1OCC(N)=O. The number of nitrogens with zero attached hydrogens (tertiary/aromatic N) is 1. The number of carbonyl (C=O) groups excluding carboxylic acids is 2. The average Bonchev–Trinajstić information content (AvgIpc) is 2.54. The Hall–Kier alpha value is -2.34. The molecule has 0 aromatic heterocycles. The van der Waals surface area contributed by atoms with Gasteiger partial charge in [0.25, 0.3) is 11.8 Å². The molecule has 2 amide bonds. The maximum absolute atomic E-state index is 12.6. The number of nitrogens with two attached hydrogens (primary N) is 1. The van der Waals surface area contributed by atoms with Crippen LogP contribution in [0.1, 0.15) is 15.9 Å². The normalized spacial score (nSPS) is 10.2. The van der Waals surface area contributed by atoms with Gasteiger partial charge in [0.15, 0.2) is 6.61 Å². The van der Waals surface area contributed by atoms with Crippen molar-refractivity contribution in [3.8, 4) is 5.75 Å². The van der Waals surface area contributed by atoms with Crippen LogP contribution in [-0.2, 0) is 11.3 Å². The van der Waals surface area contributed by atoms with Gasteiger partial charge >= 0.3 is 0 Å². The molecule has 0 aliphatic heterocycles. The Labute approximate surface area is 143 Å². The Bertz CT molecular complexity index is 718. The Balaban J connectivity index is 2.16. The number of benzene rings is 2. The molecule has 2 aromatic rings. The maximum atomic E-state index is 12.6. The van der Waals surface area contributed by atoms with Crippen molar-refractivity contribution in [1.29, 1.82) is 0 Å². The Morgan fingerprint density at radius 2 is 1.78 bits per heavy atom. The summed E-state index contributed by atoms with van der Waals surface area (Å²) in [6.07, 6.45) is 0. The van der Waals surface area contributed by atoms with Crippen LogP contribution in [0, 0.1) is 0 Å². The molecule has 0 bridgehead atoms. The first-order chi connectivity index (χ1) is 11.0. The van der Waals surface area contributed by atoms with Crippen LogP contribution in [0.15, 0.2) is 53.0 Å². The average molecular weight is 377 g/mol. The third-order valence-electron chi connectivity index (χ3n) is 3.20. The van der Waals surface area contributed by atoms with Gasteiger partial charge in [-0.15, -0.1) is 0 Å². The van der Waals surface area contributed by atoms with Gasteiger partial charge in [0.2, 0.25) is 0 Å². The van der Waals surface area contributed by atoms with Gasteiger partial charge in [0, 0.05) is 18.1 Å². The summed E-state index contributed by atoms with van der Waals surface area (Å²) in [5, 5.41) is 0. The first-order valence-electron chi connectivity index (χ1n) is 6.98. The van der Waals surface area contributed by atoms with Crippen molar-refractivity contribution in [2.75, 3.05) is 13.7 Å². The molecular formula is C17H17BrN2O3. The lowest BCUT2D eigenvalue weighted by Gasteiger charge is -2.19. The number of rotatable bonds is 6. The minimum atomic E-state index is -0.589. The molecule has 23 heavy (non-hydrogen) atoms. The molecule has 0 spiro atoms. The summed E-state index contributed by atoms with van der Waals surface area (Å²) in [4.78, 5) is 25.1. The lowest BCUT2D eigenvalue weighted by molar-refractivity contribution is -0.119. The lowest BCUT2D eigenvalue weighted by Crippen LogP contribution is -2.27. The molecule has 2 N–H and O–H groups in total. The van der Waals surface area contributed by atoms with E-state index >= 15 is 0 Å². The van der Waals surface area contributed by atoms with Crippen LogP contribution >= 0.6 is 15.9 Å². The molecular weight excluding hydrogens is 360 g/mol. The van der Waals surface area contributed by atoms with E-state index in [2.05, 4.69) is 15.9 Å². The number of para-hydroxylation sites is 1. The van der Waals surface area contributed by atoms with Crippen LogP contribution in [0.3, 0.4) is 0 Å². The second-order valence-electron chi connectivity index (χ2n) is 5.00. The van der Waals surface area contributed by atoms with Gasteiger partial charge in [-0.1, -0.05) is 46.3 Å². The lowest BCUT2D eigenvalue weighted by atomic mass is 10.1. The predicted octanol–water partition coefficient (Wildman–Crippen LogP) is 2.59. The fourth-order valence-corrected chi connectivity index (χ4v) is 2.49. The zero-order valence-electron chi connectivity index (χ0n) is 12.7. The van der Waals surface area contributed by atoms with Crippen molar-refractivity contribution in [3.63, 3.8) is 0 Å². The smallest absolute Gasteiger partial charge is 0.257 e. The van der Waals surface area contributed by atoms with Gasteiger partial charge in [-0.2, -0.15) is 0 Å². The first-order valence-corrected chi connectivity index (χ1v) is 7.77. The first kappa shape index (κ1) is 17.0. The second kappa shape index (κ2) is 7.78. The fourth-order valence-electron chi connectivity index (χ4n) is 2.08. The standard InChI is InChI=1S/C17H17BrN2O3/c1-20(10-12-6-2-4-8-14(12)18)17(22)13-7-3-5-9-15(13)23-11-16(19)21/h2-9H,10-11H2,1H3,(H2,19,21). The molecule has 0 saturated carbocycles. The summed E-state index contributed by atoms with van der Waals surface area (Å²) >= 11 is 3.47. The topological polar surface area (TPSA) is 72.6 Å². The van der Waals surface area contributed by atoms with E-state index in [1.54, 1.807) is 36.2 Å². The summed E-state index contributed by atoms with van der Waals surface area (Å²) in [5.74, 6) is -0.440. The maximum Gasteiger partial charge on any atom is 0.257 e. The molecule has 0 heterocycles. The zero-order valence-corrected chi connectivity index (χ0v) is 14.2. The quantitative estimate of drug-likeness (QED) is 0.841. The van der Waals surface area contributed by atoms with Crippen molar-refractivity contribution >= 4 is 27.7 Å². The molecule has 2 aromatic carbocycles. The molecule has 0 saturated heterocycles. The van der Waals surface area contributed by atoms with Crippen LogP contribution in [0.25, 0.3) is 0 Å². The summed E-state index contributed by atoms with van der Waals surface area (Å²) in [6.45, 7) is 0.183. The van der Waals surface area contributed by atoms with Crippen LogP contribution in [0.5, 0.6) is 5.75 Å². The van der Waals surface area contributed by atoms with Crippen molar-refractivity contribution in [1.82, 2.24) is 4.90 Å². The largest absolute Gasteiger partial charge is 0.483 e. The fraction of sp³-hybridized carbons (Fsp3) is 0.176. The van der Waals surface area contributed by atoms with E-state index in [1.807, 2.05) is 24.3 Å². The molecule has 6 heteroatoms. The minimum Gasteiger partial charge on any atom is -0.483 e. The van der Waals surface area contributed by atoms with E-state index < -0.39 is 5.91 Å². The predicted molar refractivity (Wildman–Crippen MR) is 91.1 cm³/mol. The van der Waals surface area contributed by atoms with Gasteiger partial charge in [-0.3, -0.25) is 9.59 Å². The zero-order chi connectivity index (χ0) is 16.8. The minimum absolute atomic E-state index is 0.194. The molecule has 0 atom stereocenters. The molecule has 5 nitrogen and oxygen atoms in total. The second-order valence-corrected chi connectivity index (χ2v) is 5.86. The molecule has 120 valence electrons. The summed E-state index contributed by atoms with van der Waals surface area (Å²) in [7, 11) is 1.71. The van der Waals surface area contributed by atoms with E-state index in [-0.39, 0.29) is 12.5 Å². The van der Waals surface area contributed by atoms with E-state index in [0.29, 0.717) is 17.9 Å². The number of carbonyl (C=O) groups is 2. The number of amides is 2. The monoisotopic (exact) mass is 376 g/mol. The number of primary amides is 1. The molecule has 0 aliphatic carbocycles. The molecule has 0 unspecified atom stereocenters. The van der Waals surface area contributed by atoms with Gasteiger partial charge < -0.3 is 15.4 Å². The van der Waals surface area contributed by atoms with Crippen molar-refractivity contribution < 1.29 is 14.3 Å². The number of hydrogen-bond acceptors (Lipinski definition) is 3. The molecule has 0 fully saturated rings. The molecule has 0 aliphatic rings. The van der Waals surface area contributed by atoms with E-state index in [0.717, 1.165) is 10.0 Å². The van der Waals surface area contributed by atoms with Crippen LogP contribution in [0.2, 0.25) is 0 Å².